The molecule has 3 atom stereocenters. The normalized spacial score (nSPS) is 40.4. The molecule has 0 N–H and O–H groups in total. The number of hydrogen-bond acceptors (Lipinski definition) is 1. The third kappa shape index (κ3) is 1.98. The van der Waals surface area contributed by atoms with Crippen LogP contribution in [0.15, 0.2) is 11.6 Å². The minimum atomic E-state index is -0.101. The van der Waals surface area contributed by atoms with Crippen molar-refractivity contribution >= 4 is 5.78 Å². The van der Waals surface area contributed by atoms with Crippen molar-refractivity contribution in [2.75, 3.05) is 0 Å². The topological polar surface area (TPSA) is 17.1 Å². The molecule has 2 rings (SSSR count). The Morgan fingerprint density at radius 1 is 1.35 bits per heavy atom. The number of carbonyl (C=O) groups is 1. The summed E-state index contributed by atoms with van der Waals surface area (Å²) in [6.07, 6.45) is 7.13. The average Bonchev–Trinajstić information content (AvgIpc) is 2.21. The van der Waals surface area contributed by atoms with Gasteiger partial charge in [0.15, 0.2) is 0 Å². The third-order valence-corrected chi connectivity index (χ3v) is 5.65. The number of fused-ring (bicyclic) bond motifs is 1. The van der Waals surface area contributed by atoms with Gasteiger partial charge in [-0.25, -0.2) is 0 Å². The van der Waals surface area contributed by atoms with E-state index in [1.807, 2.05) is 0 Å². The monoisotopic (exact) mass is 234 g/mol. The van der Waals surface area contributed by atoms with Crippen LogP contribution in [0, 0.1) is 22.7 Å². The predicted octanol–water partition coefficient (Wildman–Crippen LogP) is 4.37. The highest BCUT2D eigenvalue weighted by molar-refractivity contribution is 5.82. The summed E-state index contributed by atoms with van der Waals surface area (Å²) in [5, 5.41) is 0. The van der Waals surface area contributed by atoms with Crippen molar-refractivity contribution in [2.24, 2.45) is 22.7 Å². The maximum atomic E-state index is 12.0. The number of allylic oxidation sites excluding steroid dienone is 2. The molecule has 1 fully saturated rings. The summed E-state index contributed by atoms with van der Waals surface area (Å²) in [5.74, 6) is 1.50. The molecule has 1 saturated carbocycles. The van der Waals surface area contributed by atoms with E-state index in [0.29, 0.717) is 23.0 Å². The Morgan fingerprint density at radius 3 is 2.59 bits per heavy atom. The first-order valence-electron chi connectivity index (χ1n) is 6.97. The molecular formula is C16H26O. The van der Waals surface area contributed by atoms with Crippen LogP contribution in [0.1, 0.15) is 60.3 Å². The fourth-order valence-electron chi connectivity index (χ4n) is 3.78. The van der Waals surface area contributed by atoms with E-state index in [9.17, 15) is 4.79 Å². The zero-order chi connectivity index (χ0) is 12.8. The second-order valence-electron chi connectivity index (χ2n) is 7.14. The van der Waals surface area contributed by atoms with Gasteiger partial charge in [-0.3, -0.25) is 4.79 Å². The molecule has 2 aliphatic rings. The van der Waals surface area contributed by atoms with Gasteiger partial charge in [0.05, 0.1) is 0 Å². The van der Waals surface area contributed by atoms with Crippen molar-refractivity contribution in [1.29, 1.82) is 0 Å². The summed E-state index contributed by atoms with van der Waals surface area (Å²) in [5.41, 5.74) is 1.91. The van der Waals surface area contributed by atoms with Gasteiger partial charge < -0.3 is 0 Å². The van der Waals surface area contributed by atoms with Gasteiger partial charge >= 0.3 is 0 Å². The molecule has 2 aliphatic carbocycles. The van der Waals surface area contributed by atoms with E-state index in [0.717, 1.165) is 12.8 Å². The van der Waals surface area contributed by atoms with Gasteiger partial charge in [0.2, 0.25) is 0 Å². The molecule has 17 heavy (non-hydrogen) atoms. The van der Waals surface area contributed by atoms with Crippen molar-refractivity contribution < 1.29 is 4.79 Å². The Morgan fingerprint density at radius 2 is 2.00 bits per heavy atom. The summed E-state index contributed by atoms with van der Waals surface area (Å²) in [7, 11) is 0. The number of ketones is 1. The van der Waals surface area contributed by atoms with Gasteiger partial charge in [-0.05, 0) is 49.9 Å². The zero-order valence-electron chi connectivity index (χ0n) is 12.0. The van der Waals surface area contributed by atoms with Crippen LogP contribution in [0.3, 0.4) is 0 Å². The van der Waals surface area contributed by atoms with E-state index < -0.39 is 0 Å². The Bertz CT molecular complexity index is 364. The number of rotatable bonds is 1. The summed E-state index contributed by atoms with van der Waals surface area (Å²) in [6.45, 7) is 11.0. The first kappa shape index (κ1) is 12.9. The first-order valence-corrected chi connectivity index (χ1v) is 6.97. The zero-order valence-corrected chi connectivity index (χ0v) is 12.0. The van der Waals surface area contributed by atoms with Crippen LogP contribution in [-0.4, -0.2) is 5.78 Å². The van der Waals surface area contributed by atoms with E-state index in [2.05, 4.69) is 33.8 Å². The van der Waals surface area contributed by atoms with Crippen LogP contribution in [0.25, 0.3) is 0 Å². The maximum Gasteiger partial charge on any atom is 0.135 e. The van der Waals surface area contributed by atoms with Crippen LogP contribution in [0.5, 0.6) is 0 Å². The Labute approximate surface area is 106 Å². The maximum absolute atomic E-state index is 12.0. The Balaban J connectivity index is 2.34. The molecule has 0 radical (unpaired) electrons. The molecule has 0 spiro atoms. The molecule has 3 unspecified atom stereocenters. The van der Waals surface area contributed by atoms with Crippen molar-refractivity contribution in [3.05, 3.63) is 11.6 Å². The van der Waals surface area contributed by atoms with Crippen molar-refractivity contribution in [3.8, 4) is 0 Å². The summed E-state index contributed by atoms with van der Waals surface area (Å²) < 4.78 is 0. The fraction of sp³-hybridized carbons (Fsp3) is 0.812. The molecule has 0 aliphatic heterocycles. The molecule has 0 saturated heterocycles. The lowest BCUT2D eigenvalue weighted by Gasteiger charge is -2.50. The van der Waals surface area contributed by atoms with Crippen LogP contribution in [-0.2, 0) is 4.79 Å². The molecule has 0 aromatic heterocycles. The lowest BCUT2D eigenvalue weighted by molar-refractivity contribution is -0.131. The standard InChI is InChI=1S/C16H26O/c1-11-9-13-7-6-8-15(3,4)14(13)10-16(11,5)12(2)17/h7,11,14H,6,8-10H2,1-5H3. The number of carbonyl (C=O) groups excluding carboxylic acids is 1. The minimum absolute atomic E-state index is 0.101. The second kappa shape index (κ2) is 3.96. The quantitative estimate of drug-likeness (QED) is 0.616. The van der Waals surface area contributed by atoms with Gasteiger partial charge in [-0.1, -0.05) is 39.3 Å². The molecule has 1 heteroatoms. The first-order chi connectivity index (χ1) is 7.77. The molecule has 0 heterocycles. The van der Waals surface area contributed by atoms with Crippen LogP contribution in [0.2, 0.25) is 0 Å². The van der Waals surface area contributed by atoms with E-state index in [-0.39, 0.29) is 5.41 Å². The number of hydrogen-bond donors (Lipinski definition) is 0. The van der Waals surface area contributed by atoms with E-state index >= 15 is 0 Å². The average molecular weight is 234 g/mol. The van der Waals surface area contributed by atoms with Crippen LogP contribution in [0.4, 0.5) is 0 Å². The SMILES string of the molecule is CC(=O)C1(C)CC2C(=CCCC2(C)C)CC1C. The highest BCUT2D eigenvalue weighted by Gasteiger charge is 2.48. The lowest BCUT2D eigenvalue weighted by Crippen LogP contribution is -2.44. The molecule has 0 aromatic carbocycles. The van der Waals surface area contributed by atoms with Gasteiger partial charge in [0.1, 0.15) is 5.78 Å². The van der Waals surface area contributed by atoms with Crippen molar-refractivity contribution in [3.63, 3.8) is 0 Å². The molecule has 0 amide bonds. The summed E-state index contributed by atoms with van der Waals surface area (Å²) in [6, 6.07) is 0. The smallest absolute Gasteiger partial charge is 0.135 e. The van der Waals surface area contributed by atoms with Gasteiger partial charge in [0, 0.05) is 5.41 Å². The molecule has 0 bridgehead atoms. The second-order valence-corrected chi connectivity index (χ2v) is 7.14. The summed E-state index contributed by atoms with van der Waals surface area (Å²) in [4.78, 5) is 12.0. The van der Waals surface area contributed by atoms with E-state index in [1.54, 1.807) is 12.5 Å². The van der Waals surface area contributed by atoms with Gasteiger partial charge in [-0.15, -0.1) is 0 Å². The van der Waals surface area contributed by atoms with Crippen molar-refractivity contribution in [2.45, 2.75) is 60.3 Å². The third-order valence-electron chi connectivity index (χ3n) is 5.65. The van der Waals surface area contributed by atoms with E-state index in [1.165, 1.54) is 12.8 Å². The highest BCUT2D eigenvalue weighted by atomic mass is 16.1. The summed E-state index contributed by atoms with van der Waals surface area (Å²) >= 11 is 0. The minimum Gasteiger partial charge on any atom is -0.299 e. The fourth-order valence-corrected chi connectivity index (χ4v) is 3.78. The lowest BCUT2D eigenvalue weighted by atomic mass is 9.53. The molecular weight excluding hydrogens is 208 g/mol. The number of Topliss-reactive ketones (excluding diaryl/α,β-unsaturated/α-hetero) is 1. The largest absolute Gasteiger partial charge is 0.299 e. The Hall–Kier alpha value is -0.590. The van der Waals surface area contributed by atoms with Gasteiger partial charge in [-0.2, -0.15) is 0 Å². The Kier molecular flexibility index (Phi) is 3.00. The molecule has 96 valence electrons. The van der Waals surface area contributed by atoms with Crippen molar-refractivity contribution in [1.82, 2.24) is 0 Å². The highest BCUT2D eigenvalue weighted by Crippen LogP contribution is 2.55. The molecule has 0 aromatic rings. The van der Waals surface area contributed by atoms with Crippen LogP contribution < -0.4 is 0 Å². The molecule has 1 nitrogen and oxygen atoms in total. The predicted molar refractivity (Wildman–Crippen MR) is 71.8 cm³/mol. The van der Waals surface area contributed by atoms with E-state index in [4.69, 9.17) is 0 Å². The van der Waals surface area contributed by atoms with Crippen LogP contribution >= 0.6 is 0 Å². The van der Waals surface area contributed by atoms with Gasteiger partial charge in [0.25, 0.3) is 0 Å².